The van der Waals surface area contributed by atoms with Gasteiger partial charge in [-0.05, 0) is 61.4 Å². The van der Waals surface area contributed by atoms with Gasteiger partial charge in [-0.3, -0.25) is 9.78 Å². The van der Waals surface area contributed by atoms with Crippen molar-refractivity contribution in [2.75, 3.05) is 26.2 Å². The van der Waals surface area contributed by atoms with Gasteiger partial charge in [0.15, 0.2) is 0 Å². The number of pyridine rings is 1. The van der Waals surface area contributed by atoms with Crippen LogP contribution in [0.4, 0.5) is 9.18 Å². The number of nitrogens with zero attached hydrogens (tertiary/aromatic N) is 2. The van der Waals surface area contributed by atoms with Crippen molar-refractivity contribution in [2.24, 2.45) is 5.92 Å². The minimum absolute atomic E-state index is 0.112. The Hall–Kier alpha value is -3.00. The van der Waals surface area contributed by atoms with E-state index < -0.39 is 0 Å². The van der Waals surface area contributed by atoms with Crippen LogP contribution in [0.3, 0.4) is 0 Å². The van der Waals surface area contributed by atoms with Crippen LogP contribution in [-0.2, 0) is 11.3 Å². The lowest BCUT2D eigenvalue weighted by atomic mass is 9.79. The number of hydrogen-bond acceptors (Lipinski definition) is 4. The molecule has 1 unspecified atom stereocenters. The molecule has 1 spiro atoms. The van der Waals surface area contributed by atoms with Crippen molar-refractivity contribution in [3.8, 4) is 0 Å². The molecule has 1 atom stereocenters. The summed E-state index contributed by atoms with van der Waals surface area (Å²) in [5.41, 5.74) is 1.06. The third-order valence-corrected chi connectivity index (χ3v) is 6.36. The average molecular weight is 441 g/mol. The van der Waals surface area contributed by atoms with Gasteiger partial charge in [-0.1, -0.05) is 18.2 Å². The van der Waals surface area contributed by atoms with E-state index in [1.54, 1.807) is 36.5 Å². The third kappa shape index (κ3) is 5.62. The van der Waals surface area contributed by atoms with Gasteiger partial charge in [-0.25, -0.2) is 9.18 Å². The first kappa shape index (κ1) is 22.2. The summed E-state index contributed by atoms with van der Waals surface area (Å²) >= 11 is 0. The number of likely N-dealkylation sites (tertiary alicyclic amines) is 1. The molecule has 2 aliphatic rings. The fraction of sp³-hybridized carbons (Fsp3) is 0.458. The lowest BCUT2D eigenvalue weighted by Crippen LogP contribution is -2.53. The molecule has 170 valence electrons. The zero-order valence-electron chi connectivity index (χ0n) is 18.1. The second-order valence-electron chi connectivity index (χ2n) is 8.59. The van der Waals surface area contributed by atoms with Crippen molar-refractivity contribution in [3.05, 3.63) is 65.7 Å². The van der Waals surface area contributed by atoms with Crippen LogP contribution in [0.5, 0.6) is 0 Å². The number of carbonyl (C=O) groups is 2. The summed E-state index contributed by atoms with van der Waals surface area (Å²) < 4.78 is 19.2. The van der Waals surface area contributed by atoms with Crippen molar-refractivity contribution in [2.45, 2.75) is 37.8 Å². The maximum absolute atomic E-state index is 13.0. The second kappa shape index (κ2) is 10.1. The highest BCUT2D eigenvalue weighted by molar-refractivity contribution is 5.92. The minimum atomic E-state index is -0.288. The molecule has 32 heavy (non-hydrogen) atoms. The molecule has 2 saturated heterocycles. The zero-order valence-corrected chi connectivity index (χ0v) is 18.1. The van der Waals surface area contributed by atoms with Crippen LogP contribution in [0.2, 0.25) is 0 Å². The number of urea groups is 1. The fourth-order valence-electron chi connectivity index (χ4n) is 4.49. The Kier molecular flexibility index (Phi) is 6.99. The van der Waals surface area contributed by atoms with Gasteiger partial charge in [-0.15, -0.1) is 0 Å². The molecule has 2 aliphatic heterocycles. The number of halogens is 1. The van der Waals surface area contributed by atoms with Crippen LogP contribution in [0.1, 0.15) is 41.7 Å². The maximum atomic E-state index is 13.0. The molecular weight excluding hydrogens is 411 g/mol. The largest absolute Gasteiger partial charge is 0.375 e. The molecule has 0 saturated carbocycles. The third-order valence-electron chi connectivity index (χ3n) is 6.36. The second-order valence-corrected chi connectivity index (χ2v) is 8.59. The number of hydrogen-bond donors (Lipinski definition) is 2. The summed E-state index contributed by atoms with van der Waals surface area (Å²) in [4.78, 5) is 30.7. The lowest BCUT2D eigenvalue weighted by Gasteiger charge is -2.46. The van der Waals surface area contributed by atoms with Gasteiger partial charge in [-0.2, -0.15) is 0 Å². The molecular formula is C24H29FN4O3. The Morgan fingerprint density at radius 2 is 1.91 bits per heavy atom. The molecule has 1 aromatic carbocycles. The van der Waals surface area contributed by atoms with Crippen LogP contribution in [0, 0.1) is 11.7 Å². The van der Waals surface area contributed by atoms with Crippen molar-refractivity contribution in [3.63, 3.8) is 0 Å². The maximum Gasteiger partial charge on any atom is 0.317 e. The Morgan fingerprint density at radius 3 is 2.62 bits per heavy atom. The van der Waals surface area contributed by atoms with E-state index in [1.165, 1.54) is 12.1 Å². The molecule has 8 heteroatoms. The van der Waals surface area contributed by atoms with E-state index in [0.717, 1.165) is 31.2 Å². The summed E-state index contributed by atoms with van der Waals surface area (Å²) in [6, 6.07) is 11.3. The Labute approximate surface area is 187 Å². The van der Waals surface area contributed by atoms with Crippen LogP contribution >= 0.6 is 0 Å². The van der Waals surface area contributed by atoms with Gasteiger partial charge < -0.3 is 20.3 Å². The highest BCUT2D eigenvalue weighted by atomic mass is 19.1. The summed E-state index contributed by atoms with van der Waals surface area (Å²) in [7, 11) is 0. The molecule has 1 aromatic heterocycles. The summed E-state index contributed by atoms with van der Waals surface area (Å²) in [6.07, 6.45) is 4.96. The summed E-state index contributed by atoms with van der Waals surface area (Å²) in [5.74, 6) is -0.0995. The SMILES string of the molecule is O=C(NCC1CCOC2(CCN(C(=O)NCc3ccc(F)cc3)CC2)C1)c1ccccn1. The molecule has 4 rings (SSSR count). The number of carbonyl (C=O) groups excluding carboxylic acids is 2. The average Bonchev–Trinajstić information content (AvgIpc) is 2.83. The minimum Gasteiger partial charge on any atom is -0.375 e. The molecule has 3 amide bonds. The predicted octanol–water partition coefficient (Wildman–Crippen LogP) is 3.12. The van der Waals surface area contributed by atoms with Crippen LogP contribution in [0.25, 0.3) is 0 Å². The van der Waals surface area contributed by atoms with E-state index in [4.69, 9.17) is 4.74 Å². The summed E-state index contributed by atoms with van der Waals surface area (Å²) in [5, 5.41) is 5.91. The molecule has 0 aliphatic carbocycles. The van der Waals surface area contributed by atoms with E-state index in [1.807, 2.05) is 4.90 Å². The molecule has 2 fully saturated rings. The first-order valence-corrected chi connectivity index (χ1v) is 11.1. The Morgan fingerprint density at radius 1 is 1.12 bits per heavy atom. The van der Waals surface area contributed by atoms with Gasteiger partial charge in [0.2, 0.25) is 0 Å². The van der Waals surface area contributed by atoms with Crippen LogP contribution < -0.4 is 10.6 Å². The highest BCUT2D eigenvalue weighted by Crippen LogP contribution is 2.37. The molecule has 0 bridgehead atoms. The molecule has 7 nitrogen and oxygen atoms in total. The van der Waals surface area contributed by atoms with E-state index in [-0.39, 0.29) is 23.4 Å². The highest BCUT2D eigenvalue weighted by Gasteiger charge is 2.41. The van der Waals surface area contributed by atoms with Gasteiger partial charge >= 0.3 is 6.03 Å². The van der Waals surface area contributed by atoms with Crippen molar-refractivity contribution >= 4 is 11.9 Å². The first-order chi connectivity index (χ1) is 15.5. The Bertz CT molecular complexity index is 915. The van der Waals surface area contributed by atoms with Crippen molar-refractivity contribution in [1.82, 2.24) is 20.5 Å². The smallest absolute Gasteiger partial charge is 0.317 e. The van der Waals surface area contributed by atoms with Gasteiger partial charge in [0.25, 0.3) is 5.91 Å². The van der Waals surface area contributed by atoms with E-state index in [9.17, 15) is 14.0 Å². The van der Waals surface area contributed by atoms with Crippen molar-refractivity contribution in [1.29, 1.82) is 0 Å². The van der Waals surface area contributed by atoms with Gasteiger partial charge in [0.1, 0.15) is 11.5 Å². The predicted molar refractivity (Wildman–Crippen MR) is 117 cm³/mol. The van der Waals surface area contributed by atoms with Gasteiger partial charge in [0, 0.05) is 39.0 Å². The van der Waals surface area contributed by atoms with E-state index in [0.29, 0.717) is 44.4 Å². The standard InChI is InChI=1S/C24H29FN4O3/c25-20-6-4-18(5-7-20)16-28-23(31)29-12-9-24(10-13-29)15-19(8-14-32-24)17-27-22(30)21-3-1-2-11-26-21/h1-7,11,19H,8-10,12-17H2,(H,27,30)(H,28,31). The summed E-state index contributed by atoms with van der Waals surface area (Å²) in [6.45, 7) is 2.89. The molecule has 0 radical (unpaired) electrons. The van der Waals surface area contributed by atoms with Crippen molar-refractivity contribution < 1.29 is 18.7 Å². The molecule has 3 heterocycles. The van der Waals surface area contributed by atoms with E-state index >= 15 is 0 Å². The zero-order chi connectivity index (χ0) is 22.4. The molecule has 2 N–H and O–H groups in total. The fourth-order valence-corrected chi connectivity index (χ4v) is 4.49. The topological polar surface area (TPSA) is 83.6 Å². The lowest BCUT2D eigenvalue weighted by molar-refractivity contribution is -0.122. The monoisotopic (exact) mass is 440 g/mol. The number of benzene rings is 1. The number of nitrogens with one attached hydrogen (secondary N) is 2. The number of aromatic nitrogens is 1. The van der Waals surface area contributed by atoms with Gasteiger partial charge in [0.05, 0.1) is 5.60 Å². The number of amides is 3. The number of ether oxygens (including phenoxy) is 1. The number of rotatable bonds is 5. The quantitative estimate of drug-likeness (QED) is 0.748. The first-order valence-electron chi connectivity index (χ1n) is 11.1. The van der Waals surface area contributed by atoms with E-state index in [2.05, 4.69) is 15.6 Å². The van der Waals surface area contributed by atoms with Crippen LogP contribution in [-0.4, -0.2) is 53.7 Å². The molecule has 2 aromatic rings. The van der Waals surface area contributed by atoms with Crippen LogP contribution in [0.15, 0.2) is 48.7 Å². The normalized spacial score (nSPS) is 20.0. The Balaban J connectivity index is 1.22. The number of piperidine rings is 1.